The quantitative estimate of drug-likeness (QED) is 0.767. The maximum atomic E-state index is 5.18. The molecule has 0 spiro atoms. The molecule has 1 N–H and O–H groups in total. The maximum absolute atomic E-state index is 5.18. The topological polar surface area (TPSA) is 24.5 Å². The zero-order chi connectivity index (χ0) is 11.5. The number of ether oxygens (including phenoxy) is 1. The van der Waals surface area contributed by atoms with Gasteiger partial charge in [-0.2, -0.15) is 0 Å². The average molecular weight is 214 g/mol. The first kappa shape index (κ1) is 12.9. The summed E-state index contributed by atoms with van der Waals surface area (Å²) >= 11 is 0. The summed E-state index contributed by atoms with van der Waals surface area (Å²) in [5.74, 6) is 0. The minimum absolute atomic E-state index is 0.243. The SMILES string of the molecule is CCC1(C)CN(CCOC)C(C)(C)CN1. The summed E-state index contributed by atoms with van der Waals surface area (Å²) in [6, 6.07) is 0. The molecule has 0 aromatic heterocycles. The number of hydrogen-bond acceptors (Lipinski definition) is 3. The van der Waals surface area contributed by atoms with Gasteiger partial charge in [-0.25, -0.2) is 0 Å². The fourth-order valence-corrected chi connectivity index (χ4v) is 2.05. The highest BCUT2D eigenvalue weighted by Crippen LogP contribution is 2.24. The molecule has 3 nitrogen and oxygen atoms in total. The second-order valence-electron chi connectivity index (χ2n) is 5.49. The molecule has 0 aromatic carbocycles. The summed E-state index contributed by atoms with van der Waals surface area (Å²) < 4.78 is 5.18. The Hall–Kier alpha value is -0.120. The van der Waals surface area contributed by atoms with Crippen molar-refractivity contribution in [3.8, 4) is 0 Å². The monoisotopic (exact) mass is 214 g/mol. The number of nitrogens with one attached hydrogen (secondary N) is 1. The minimum Gasteiger partial charge on any atom is -0.383 e. The highest BCUT2D eigenvalue weighted by Gasteiger charge is 2.38. The van der Waals surface area contributed by atoms with Gasteiger partial charge in [0.2, 0.25) is 0 Å². The first-order valence-electron chi connectivity index (χ1n) is 5.92. The van der Waals surface area contributed by atoms with Gasteiger partial charge in [-0.05, 0) is 27.2 Å². The molecule has 1 rings (SSSR count). The van der Waals surface area contributed by atoms with Crippen LogP contribution in [0, 0.1) is 0 Å². The van der Waals surface area contributed by atoms with E-state index in [9.17, 15) is 0 Å². The van der Waals surface area contributed by atoms with Crippen LogP contribution in [0.1, 0.15) is 34.1 Å². The summed E-state index contributed by atoms with van der Waals surface area (Å²) in [6.07, 6.45) is 1.17. The third-order valence-corrected chi connectivity index (χ3v) is 3.69. The van der Waals surface area contributed by atoms with E-state index >= 15 is 0 Å². The molecule has 1 aliphatic rings. The molecule has 0 amide bonds. The normalized spacial score (nSPS) is 31.8. The molecule has 3 heteroatoms. The number of methoxy groups -OCH3 is 1. The molecule has 1 unspecified atom stereocenters. The largest absolute Gasteiger partial charge is 0.383 e. The average Bonchev–Trinajstić information content (AvgIpc) is 2.20. The van der Waals surface area contributed by atoms with Crippen molar-refractivity contribution in [2.45, 2.75) is 45.2 Å². The number of piperazine rings is 1. The van der Waals surface area contributed by atoms with E-state index in [0.29, 0.717) is 0 Å². The second kappa shape index (κ2) is 4.81. The lowest BCUT2D eigenvalue weighted by molar-refractivity contribution is 0.0129. The van der Waals surface area contributed by atoms with Gasteiger partial charge in [0.15, 0.2) is 0 Å². The molecular formula is C12H26N2O. The van der Waals surface area contributed by atoms with Gasteiger partial charge >= 0.3 is 0 Å². The number of hydrogen-bond donors (Lipinski definition) is 1. The summed E-state index contributed by atoms with van der Waals surface area (Å²) in [6.45, 7) is 13.2. The Labute approximate surface area is 94.2 Å². The molecule has 90 valence electrons. The third kappa shape index (κ3) is 3.16. The fourth-order valence-electron chi connectivity index (χ4n) is 2.05. The summed E-state index contributed by atoms with van der Waals surface area (Å²) in [5.41, 5.74) is 0.510. The standard InChI is InChI=1S/C12H26N2O/c1-6-12(4)10-14(7-8-15-5)11(2,3)9-13-12/h13H,6-10H2,1-5H3. The molecule has 0 radical (unpaired) electrons. The Morgan fingerprint density at radius 3 is 2.53 bits per heavy atom. The van der Waals surface area contributed by atoms with Crippen LogP contribution in [0.5, 0.6) is 0 Å². The predicted octanol–water partition coefficient (Wildman–Crippen LogP) is 1.49. The lowest BCUT2D eigenvalue weighted by Gasteiger charge is -2.50. The molecule has 15 heavy (non-hydrogen) atoms. The second-order valence-corrected chi connectivity index (χ2v) is 5.49. The van der Waals surface area contributed by atoms with Gasteiger partial charge in [-0.3, -0.25) is 4.90 Å². The molecule has 1 atom stereocenters. The van der Waals surface area contributed by atoms with Crippen LogP contribution in [-0.2, 0) is 4.74 Å². The van der Waals surface area contributed by atoms with E-state index in [1.54, 1.807) is 7.11 Å². The lowest BCUT2D eigenvalue weighted by atomic mass is 9.88. The number of rotatable bonds is 4. The van der Waals surface area contributed by atoms with Gasteiger partial charge < -0.3 is 10.1 Å². The summed E-state index contributed by atoms with van der Waals surface area (Å²) in [7, 11) is 1.77. The van der Waals surface area contributed by atoms with Gasteiger partial charge in [-0.15, -0.1) is 0 Å². The zero-order valence-electron chi connectivity index (χ0n) is 10.9. The number of nitrogens with zero attached hydrogens (tertiary/aromatic N) is 1. The fraction of sp³-hybridized carbons (Fsp3) is 1.00. The molecule has 1 fully saturated rings. The van der Waals surface area contributed by atoms with E-state index in [-0.39, 0.29) is 11.1 Å². The minimum atomic E-state index is 0.243. The van der Waals surface area contributed by atoms with Crippen molar-refractivity contribution in [3.63, 3.8) is 0 Å². The zero-order valence-corrected chi connectivity index (χ0v) is 10.9. The first-order chi connectivity index (χ1) is 6.93. The van der Waals surface area contributed by atoms with Crippen LogP contribution in [0.25, 0.3) is 0 Å². The van der Waals surface area contributed by atoms with Crippen molar-refractivity contribution in [1.82, 2.24) is 10.2 Å². The van der Waals surface area contributed by atoms with Crippen molar-refractivity contribution in [1.29, 1.82) is 0 Å². The van der Waals surface area contributed by atoms with Gasteiger partial charge in [0.25, 0.3) is 0 Å². The van der Waals surface area contributed by atoms with Gasteiger partial charge in [0.1, 0.15) is 0 Å². The Bertz CT molecular complexity index is 206. The highest BCUT2D eigenvalue weighted by molar-refractivity contribution is 4.98. The van der Waals surface area contributed by atoms with E-state index < -0.39 is 0 Å². The van der Waals surface area contributed by atoms with E-state index in [0.717, 1.165) is 26.2 Å². The van der Waals surface area contributed by atoms with Crippen LogP contribution in [0.2, 0.25) is 0 Å². The summed E-state index contributed by atoms with van der Waals surface area (Å²) in [5, 5.41) is 3.66. The van der Waals surface area contributed by atoms with Crippen molar-refractivity contribution >= 4 is 0 Å². The molecule has 1 aliphatic heterocycles. The molecular weight excluding hydrogens is 188 g/mol. The summed E-state index contributed by atoms with van der Waals surface area (Å²) in [4.78, 5) is 2.54. The molecule has 1 saturated heterocycles. The van der Waals surface area contributed by atoms with Crippen LogP contribution in [-0.4, -0.2) is 49.3 Å². The van der Waals surface area contributed by atoms with Gasteiger partial charge in [-0.1, -0.05) is 6.92 Å². The third-order valence-electron chi connectivity index (χ3n) is 3.69. The van der Waals surface area contributed by atoms with Crippen molar-refractivity contribution in [2.24, 2.45) is 0 Å². The lowest BCUT2D eigenvalue weighted by Crippen LogP contribution is -2.67. The molecule has 0 aliphatic carbocycles. The predicted molar refractivity (Wildman–Crippen MR) is 64.2 cm³/mol. The molecule has 1 heterocycles. The highest BCUT2D eigenvalue weighted by atomic mass is 16.5. The van der Waals surface area contributed by atoms with Crippen LogP contribution >= 0.6 is 0 Å². The van der Waals surface area contributed by atoms with E-state index in [4.69, 9.17) is 4.74 Å². The molecule has 0 saturated carbocycles. The van der Waals surface area contributed by atoms with Crippen LogP contribution < -0.4 is 5.32 Å². The first-order valence-corrected chi connectivity index (χ1v) is 5.92. The Morgan fingerprint density at radius 1 is 1.33 bits per heavy atom. The van der Waals surface area contributed by atoms with Crippen molar-refractivity contribution in [3.05, 3.63) is 0 Å². The van der Waals surface area contributed by atoms with Crippen LogP contribution in [0.4, 0.5) is 0 Å². The maximum Gasteiger partial charge on any atom is 0.0589 e. The Balaban J connectivity index is 2.62. The van der Waals surface area contributed by atoms with Gasteiger partial charge in [0, 0.05) is 37.8 Å². The molecule has 0 aromatic rings. The van der Waals surface area contributed by atoms with Crippen molar-refractivity contribution < 1.29 is 4.74 Å². The van der Waals surface area contributed by atoms with E-state index in [1.807, 2.05) is 0 Å². The molecule has 0 bridgehead atoms. The van der Waals surface area contributed by atoms with E-state index in [1.165, 1.54) is 6.42 Å². The van der Waals surface area contributed by atoms with E-state index in [2.05, 4.69) is 37.9 Å². The van der Waals surface area contributed by atoms with Crippen molar-refractivity contribution in [2.75, 3.05) is 33.4 Å². The van der Waals surface area contributed by atoms with Gasteiger partial charge in [0.05, 0.1) is 6.61 Å². The smallest absolute Gasteiger partial charge is 0.0589 e. The Kier molecular flexibility index (Phi) is 4.15. The Morgan fingerprint density at radius 2 is 2.00 bits per heavy atom. The van der Waals surface area contributed by atoms with Crippen LogP contribution in [0.3, 0.4) is 0 Å². The van der Waals surface area contributed by atoms with Crippen LogP contribution in [0.15, 0.2) is 0 Å².